The molecule has 0 spiro atoms. The van der Waals surface area contributed by atoms with E-state index in [2.05, 4.69) is 15.5 Å². The molecule has 0 bridgehead atoms. The molecule has 1 heterocycles. The molecule has 0 saturated carbocycles. The molecule has 0 saturated heterocycles. The molecule has 0 unspecified atom stereocenters. The van der Waals surface area contributed by atoms with Crippen LogP contribution in [0.4, 0.5) is 0 Å². The van der Waals surface area contributed by atoms with Crippen molar-refractivity contribution in [3.8, 4) is 0 Å². The van der Waals surface area contributed by atoms with Crippen LogP contribution in [-0.4, -0.2) is 20.7 Å². The van der Waals surface area contributed by atoms with Crippen molar-refractivity contribution < 1.29 is 4.79 Å². The summed E-state index contributed by atoms with van der Waals surface area (Å²) < 4.78 is 1.83. The quantitative estimate of drug-likeness (QED) is 0.547. The third kappa shape index (κ3) is 4.96. The molecule has 140 valence electrons. The van der Waals surface area contributed by atoms with Crippen LogP contribution in [0.25, 0.3) is 0 Å². The summed E-state index contributed by atoms with van der Waals surface area (Å²) in [6.07, 6.45) is 0. The van der Waals surface area contributed by atoms with Gasteiger partial charge < -0.3 is 9.88 Å². The molecule has 1 N–H and O–H groups in total. The molecule has 1 amide bonds. The third-order valence-corrected chi connectivity index (χ3v) is 5.81. The van der Waals surface area contributed by atoms with E-state index in [1.807, 2.05) is 17.7 Å². The Morgan fingerprint density at radius 3 is 2.63 bits per heavy atom. The van der Waals surface area contributed by atoms with Crippen LogP contribution in [0.2, 0.25) is 15.1 Å². The largest absolute Gasteiger partial charge is 0.345 e. The minimum Gasteiger partial charge on any atom is -0.345 e. The van der Waals surface area contributed by atoms with Gasteiger partial charge >= 0.3 is 0 Å². The molecular formula is C18H15Cl3N4OS. The lowest BCUT2D eigenvalue weighted by Gasteiger charge is -2.07. The maximum atomic E-state index is 12.2. The molecule has 0 aliphatic carbocycles. The van der Waals surface area contributed by atoms with Crippen molar-refractivity contribution in [3.05, 3.63) is 74.5 Å². The zero-order valence-electron chi connectivity index (χ0n) is 14.2. The zero-order chi connectivity index (χ0) is 19.4. The van der Waals surface area contributed by atoms with E-state index in [4.69, 9.17) is 34.8 Å². The molecule has 0 fully saturated rings. The van der Waals surface area contributed by atoms with E-state index in [0.717, 1.165) is 10.7 Å². The molecule has 0 atom stereocenters. The first kappa shape index (κ1) is 20.0. The number of carbonyl (C=O) groups is 1. The van der Waals surface area contributed by atoms with Crippen LogP contribution in [0.15, 0.2) is 47.6 Å². The summed E-state index contributed by atoms with van der Waals surface area (Å²) >= 11 is 19.7. The van der Waals surface area contributed by atoms with Crippen LogP contribution >= 0.6 is 46.6 Å². The first-order valence-corrected chi connectivity index (χ1v) is 10.1. The van der Waals surface area contributed by atoms with Crippen LogP contribution in [0, 0.1) is 0 Å². The third-order valence-electron chi connectivity index (χ3n) is 3.82. The molecule has 3 aromatic rings. The maximum Gasteiger partial charge on any atom is 0.253 e. The lowest BCUT2D eigenvalue weighted by Crippen LogP contribution is -2.24. The second-order valence-electron chi connectivity index (χ2n) is 5.64. The summed E-state index contributed by atoms with van der Waals surface area (Å²) in [5.74, 6) is 1.01. The molecule has 0 aliphatic rings. The second-order valence-corrected chi connectivity index (χ2v) is 7.84. The molecular weight excluding hydrogens is 427 g/mol. The number of rotatable bonds is 6. The normalized spacial score (nSPS) is 10.8. The highest BCUT2D eigenvalue weighted by atomic mass is 35.5. The van der Waals surface area contributed by atoms with E-state index in [1.54, 1.807) is 36.4 Å². The summed E-state index contributed by atoms with van der Waals surface area (Å²) in [5, 5.41) is 13.5. The zero-order valence-corrected chi connectivity index (χ0v) is 17.3. The highest BCUT2D eigenvalue weighted by Crippen LogP contribution is 2.27. The van der Waals surface area contributed by atoms with E-state index in [-0.39, 0.29) is 12.5 Å². The van der Waals surface area contributed by atoms with Gasteiger partial charge in [0.25, 0.3) is 5.91 Å². The van der Waals surface area contributed by atoms with Gasteiger partial charge in [-0.15, -0.1) is 10.2 Å². The Bertz CT molecular complexity index is 977. The number of nitrogens with one attached hydrogen (secondary N) is 1. The van der Waals surface area contributed by atoms with E-state index < -0.39 is 0 Å². The standard InChI is InChI=1S/C18H15Cl3N4OS/c1-25-16(9-22-17(26)13-4-2-3-5-14(13)20)23-24-18(25)27-10-11-6-7-12(19)8-15(11)21/h2-8H,9-10H2,1H3,(H,22,26). The van der Waals surface area contributed by atoms with Crippen molar-refractivity contribution in [3.63, 3.8) is 0 Å². The molecule has 0 aliphatic heterocycles. The van der Waals surface area contributed by atoms with E-state index in [9.17, 15) is 4.79 Å². The average molecular weight is 442 g/mol. The van der Waals surface area contributed by atoms with Gasteiger partial charge in [0.15, 0.2) is 11.0 Å². The number of aromatic nitrogens is 3. The average Bonchev–Trinajstić information content (AvgIpc) is 2.99. The molecule has 5 nitrogen and oxygen atoms in total. The fourth-order valence-electron chi connectivity index (χ4n) is 2.31. The number of thioether (sulfide) groups is 1. The predicted octanol–water partition coefficient (Wildman–Crippen LogP) is 5.00. The van der Waals surface area contributed by atoms with Crippen molar-refractivity contribution >= 4 is 52.5 Å². The van der Waals surface area contributed by atoms with Gasteiger partial charge in [-0.2, -0.15) is 0 Å². The van der Waals surface area contributed by atoms with Crippen LogP contribution in [0.3, 0.4) is 0 Å². The minimum absolute atomic E-state index is 0.246. The van der Waals surface area contributed by atoms with Crippen LogP contribution in [-0.2, 0) is 19.3 Å². The smallest absolute Gasteiger partial charge is 0.253 e. The molecule has 27 heavy (non-hydrogen) atoms. The summed E-state index contributed by atoms with van der Waals surface area (Å²) in [5.41, 5.74) is 1.39. The number of halogens is 3. The van der Waals surface area contributed by atoms with Crippen LogP contribution in [0.5, 0.6) is 0 Å². The van der Waals surface area contributed by atoms with Crippen molar-refractivity contribution in [1.29, 1.82) is 0 Å². The molecule has 3 rings (SSSR count). The lowest BCUT2D eigenvalue weighted by atomic mass is 10.2. The van der Waals surface area contributed by atoms with Gasteiger partial charge in [0.05, 0.1) is 17.1 Å². The van der Waals surface area contributed by atoms with Crippen molar-refractivity contribution in [2.45, 2.75) is 17.5 Å². The number of carbonyl (C=O) groups excluding carboxylic acids is 1. The number of amides is 1. The Kier molecular flexibility index (Phi) is 6.65. The van der Waals surface area contributed by atoms with E-state index >= 15 is 0 Å². The minimum atomic E-state index is -0.259. The Morgan fingerprint density at radius 1 is 1.11 bits per heavy atom. The van der Waals surface area contributed by atoms with Gasteiger partial charge in [0.2, 0.25) is 0 Å². The van der Waals surface area contributed by atoms with E-state index in [1.165, 1.54) is 11.8 Å². The van der Waals surface area contributed by atoms with Gasteiger partial charge in [0.1, 0.15) is 0 Å². The SMILES string of the molecule is Cn1c(CNC(=O)c2ccccc2Cl)nnc1SCc1ccc(Cl)cc1Cl. The summed E-state index contributed by atoms with van der Waals surface area (Å²) in [6.45, 7) is 0.246. The van der Waals surface area contributed by atoms with Crippen LogP contribution in [0.1, 0.15) is 21.7 Å². The maximum absolute atomic E-state index is 12.2. The summed E-state index contributed by atoms with van der Waals surface area (Å²) in [6, 6.07) is 12.3. The monoisotopic (exact) mass is 440 g/mol. The second kappa shape index (κ2) is 8.97. The fourth-order valence-corrected chi connectivity index (χ4v) is 4.02. The van der Waals surface area contributed by atoms with Gasteiger partial charge in [-0.05, 0) is 29.8 Å². The van der Waals surface area contributed by atoms with Crippen molar-refractivity contribution in [1.82, 2.24) is 20.1 Å². The Labute approximate surface area is 176 Å². The molecule has 2 aromatic carbocycles. The number of benzene rings is 2. The van der Waals surface area contributed by atoms with Gasteiger partial charge in [-0.1, -0.05) is 64.8 Å². The van der Waals surface area contributed by atoms with Crippen molar-refractivity contribution in [2.24, 2.45) is 7.05 Å². The molecule has 1 aromatic heterocycles. The highest BCUT2D eigenvalue weighted by molar-refractivity contribution is 7.98. The Balaban J connectivity index is 1.61. The Hall–Kier alpha value is -1.73. The number of hydrogen-bond acceptors (Lipinski definition) is 4. The summed E-state index contributed by atoms with van der Waals surface area (Å²) in [7, 11) is 1.85. The van der Waals surface area contributed by atoms with E-state index in [0.29, 0.717) is 32.2 Å². The van der Waals surface area contributed by atoms with Gasteiger partial charge in [-0.3, -0.25) is 4.79 Å². The first-order valence-electron chi connectivity index (χ1n) is 7.93. The lowest BCUT2D eigenvalue weighted by molar-refractivity contribution is 0.0949. The van der Waals surface area contributed by atoms with Gasteiger partial charge in [-0.25, -0.2) is 0 Å². The fraction of sp³-hybridized carbons (Fsp3) is 0.167. The topological polar surface area (TPSA) is 59.8 Å². The van der Waals surface area contributed by atoms with Gasteiger partial charge in [0, 0.05) is 22.8 Å². The highest BCUT2D eigenvalue weighted by Gasteiger charge is 2.13. The summed E-state index contributed by atoms with van der Waals surface area (Å²) in [4.78, 5) is 12.2. The number of hydrogen-bond donors (Lipinski definition) is 1. The van der Waals surface area contributed by atoms with Crippen LogP contribution < -0.4 is 5.32 Å². The predicted molar refractivity (Wildman–Crippen MR) is 110 cm³/mol. The molecule has 0 radical (unpaired) electrons. The first-order chi connectivity index (χ1) is 13.0. The Morgan fingerprint density at radius 2 is 1.89 bits per heavy atom. The molecule has 9 heteroatoms. The number of nitrogens with zero attached hydrogens (tertiary/aromatic N) is 3. The van der Waals surface area contributed by atoms with Crippen molar-refractivity contribution in [2.75, 3.05) is 0 Å².